The molecule has 1 aliphatic rings. The summed E-state index contributed by atoms with van der Waals surface area (Å²) in [5.41, 5.74) is 0.996. The molecule has 1 saturated heterocycles. The fourth-order valence-corrected chi connectivity index (χ4v) is 2.39. The van der Waals surface area contributed by atoms with Crippen LogP contribution in [-0.2, 0) is 4.74 Å². The van der Waals surface area contributed by atoms with Crippen LogP contribution in [0, 0.1) is 6.92 Å². The molecule has 5 heteroatoms. The molecule has 0 amide bonds. The highest BCUT2D eigenvalue weighted by Gasteiger charge is 2.23. The van der Waals surface area contributed by atoms with Crippen molar-refractivity contribution in [1.82, 2.24) is 9.97 Å². The average molecular weight is 264 g/mol. The number of hydrogen-bond donors (Lipinski definition) is 1. The molecule has 0 aromatic carbocycles. The molecule has 1 fully saturated rings. The van der Waals surface area contributed by atoms with Crippen molar-refractivity contribution in [3.05, 3.63) is 11.8 Å². The van der Waals surface area contributed by atoms with Crippen molar-refractivity contribution in [3.63, 3.8) is 0 Å². The van der Waals surface area contributed by atoms with Gasteiger partial charge >= 0.3 is 0 Å². The third kappa shape index (κ3) is 3.80. The molecule has 0 saturated carbocycles. The molecule has 2 unspecified atom stereocenters. The van der Waals surface area contributed by atoms with E-state index in [0.29, 0.717) is 0 Å². The third-order valence-electron chi connectivity index (χ3n) is 3.12. The van der Waals surface area contributed by atoms with E-state index in [1.165, 1.54) is 0 Å². The molecule has 0 radical (unpaired) electrons. The minimum Gasteiger partial charge on any atom is -0.372 e. The first-order chi connectivity index (χ1) is 9.08. The summed E-state index contributed by atoms with van der Waals surface area (Å²) in [7, 11) is 0. The molecule has 0 spiro atoms. The maximum atomic E-state index is 5.76. The van der Waals surface area contributed by atoms with Crippen LogP contribution in [0.25, 0.3) is 0 Å². The molecule has 106 valence electrons. The number of morpholine rings is 1. The van der Waals surface area contributed by atoms with Gasteiger partial charge in [-0.2, -0.15) is 4.98 Å². The fourth-order valence-electron chi connectivity index (χ4n) is 2.39. The Labute approximate surface area is 115 Å². The van der Waals surface area contributed by atoms with Crippen molar-refractivity contribution in [2.75, 3.05) is 29.9 Å². The maximum absolute atomic E-state index is 5.76. The summed E-state index contributed by atoms with van der Waals surface area (Å²) >= 11 is 0. The number of aromatic nitrogens is 2. The van der Waals surface area contributed by atoms with Crippen LogP contribution in [0.15, 0.2) is 6.07 Å². The van der Waals surface area contributed by atoms with Gasteiger partial charge in [0.05, 0.1) is 12.2 Å². The van der Waals surface area contributed by atoms with Crippen LogP contribution in [0.4, 0.5) is 11.8 Å². The van der Waals surface area contributed by atoms with Crippen molar-refractivity contribution < 1.29 is 4.74 Å². The van der Waals surface area contributed by atoms with E-state index in [4.69, 9.17) is 4.74 Å². The summed E-state index contributed by atoms with van der Waals surface area (Å²) in [5.74, 6) is 1.72. The summed E-state index contributed by atoms with van der Waals surface area (Å²) in [6, 6.07) is 2.04. The predicted octanol–water partition coefficient (Wildman–Crippen LogP) is 2.22. The van der Waals surface area contributed by atoms with Gasteiger partial charge in [-0.25, -0.2) is 4.98 Å². The number of anilines is 2. The number of nitrogens with zero attached hydrogens (tertiary/aromatic N) is 3. The lowest BCUT2D eigenvalue weighted by atomic mass is 10.2. The minimum atomic E-state index is 0.242. The Bertz CT molecular complexity index is 414. The molecular weight excluding hydrogens is 240 g/mol. The van der Waals surface area contributed by atoms with Crippen LogP contribution < -0.4 is 10.2 Å². The van der Waals surface area contributed by atoms with Crippen molar-refractivity contribution in [2.24, 2.45) is 0 Å². The number of nitrogens with one attached hydrogen (secondary N) is 1. The molecule has 0 aliphatic carbocycles. The van der Waals surface area contributed by atoms with Crippen LogP contribution in [0.5, 0.6) is 0 Å². The molecule has 0 bridgehead atoms. The van der Waals surface area contributed by atoms with Gasteiger partial charge < -0.3 is 15.0 Å². The molecule has 19 heavy (non-hydrogen) atoms. The number of rotatable bonds is 4. The number of hydrogen-bond acceptors (Lipinski definition) is 5. The summed E-state index contributed by atoms with van der Waals surface area (Å²) < 4.78 is 5.76. The van der Waals surface area contributed by atoms with E-state index in [0.717, 1.165) is 43.5 Å². The van der Waals surface area contributed by atoms with E-state index in [1.54, 1.807) is 0 Å². The fraction of sp³-hybridized carbons (Fsp3) is 0.714. The largest absolute Gasteiger partial charge is 0.372 e. The zero-order valence-corrected chi connectivity index (χ0v) is 12.3. The predicted molar refractivity (Wildman–Crippen MR) is 77.8 cm³/mol. The third-order valence-corrected chi connectivity index (χ3v) is 3.12. The Kier molecular flexibility index (Phi) is 4.58. The second kappa shape index (κ2) is 6.19. The molecule has 2 heterocycles. The van der Waals surface area contributed by atoms with Gasteiger partial charge in [-0.15, -0.1) is 0 Å². The molecule has 2 atom stereocenters. The Morgan fingerprint density at radius 1 is 1.32 bits per heavy atom. The van der Waals surface area contributed by atoms with Crippen molar-refractivity contribution >= 4 is 11.8 Å². The smallest absolute Gasteiger partial charge is 0.224 e. The quantitative estimate of drug-likeness (QED) is 0.903. The van der Waals surface area contributed by atoms with Gasteiger partial charge in [-0.1, -0.05) is 6.92 Å². The van der Waals surface area contributed by atoms with E-state index in [1.807, 2.05) is 13.0 Å². The van der Waals surface area contributed by atoms with Gasteiger partial charge in [0.25, 0.3) is 0 Å². The normalized spacial score (nSPS) is 23.5. The van der Waals surface area contributed by atoms with Gasteiger partial charge in [0.1, 0.15) is 5.82 Å². The highest BCUT2D eigenvalue weighted by molar-refractivity contribution is 5.45. The zero-order chi connectivity index (χ0) is 13.8. The minimum absolute atomic E-state index is 0.242. The summed E-state index contributed by atoms with van der Waals surface area (Å²) in [4.78, 5) is 11.3. The van der Waals surface area contributed by atoms with E-state index < -0.39 is 0 Å². The monoisotopic (exact) mass is 264 g/mol. The van der Waals surface area contributed by atoms with Crippen LogP contribution in [0.2, 0.25) is 0 Å². The first-order valence-corrected chi connectivity index (χ1v) is 7.08. The van der Waals surface area contributed by atoms with Crippen molar-refractivity contribution in [1.29, 1.82) is 0 Å². The maximum Gasteiger partial charge on any atom is 0.224 e. The second-order valence-electron chi connectivity index (χ2n) is 5.28. The van der Waals surface area contributed by atoms with Gasteiger partial charge in [0.2, 0.25) is 5.95 Å². The standard InChI is InChI=1S/C14H24N4O/c1-5-6-15-14-16-10(2)7-13(17-14)18-8-11(3)19-12(4)9-18/h7,11-12H,5-6,8-9H2,1-4H3,(H,15,16,17). The Morgan fingerprint density at radius 2 is 2.00 bits per heavy atom. The highest BCUT2D eigenvalue weighted by Crippen LogP contribution is 2.20. The van der Waals surface area contributed by atoms with E-state index in [-0.39, 0.29) is 12.2 Å². The molecule has 2 rings (SSSR count). The Morgan fingerprint density at radius 3 is 2.63 bits per heavy atom. The van der Waals surface area contributed by atoms with E-state index in [9.17, 15) is 0 Å². The molecule has 1 aliphatic heterocycles. The molecule has 1 aromatic heterocycles. The van der Waals surface area contributed by atoms with Crippen LogP contribution in [0.3, 0.4) is 0 Å². The van der Waals surface area contributed by atoms with Gasteiger partial charge in [0.15, 0.2) is 0 Å². The molecule has 5 nitrogen and oxygen atoms in total. The number of ether oxygens (including phenoxy) is 1. The first-order valence-electron chi connectivity index (χ1n) is 7.08. The van der Waals surface area contributed by atoms with Crippen LogP contribution in [0.1, 0.15) is 32.9 Å². The van der Waals surface area contributed by atoms with Gasteiger partial charge in [0, 0.05) is 31.4 Å². The Hall–Kier alpha value is -1.36. The first kappa shape index (κ1) is 14.1. The molecular formula is C14H24N4O. The topological polar surface area (TPSA) is 50.3 Å². The van der Waals surface area contributed by atoms with E-state index in [2.05, 4.69) is 41.0 Å². The SMILES string of the molecule is CCCNc1nc(C)cc(N2CC(C)OC(C)C2)n1. The van der Waals surface area contributed by atoms with Crippen molar-refractivity contribution in [2.45, 2.75) is 46.3 Å². The van der Waals surface area contributed by atoms with E-state index >= 15 is 0 Å². The van der Waals surface area contributed by atoms with Crippen LogP contribution in [-0.4, -0.2) is 41.8 Å². The van der Waals surface area contributed by atoms with Crippen LogP contribution >= 0.6 is 0 Å². The highest BCUT2D eigenvalue weighted by atomic mass is 16.5. The zero-order valence-electron chi connectivity index (χ0n) is 12.3. The van der Waals surface area contributed by atoms with Crippen molar-refractivity contribution in [3.8, 4) is 0 Å². The summed E-state index contributed by atoms with van der Waals surface area (Å²) in [5, 5.41) is 3.26. The number of aryl methyl sites for hydroxylation is 1. The summed E-state index contributed by atoms with van der Waals surface area (Å²) in [6.45, 7) is 11.0. The lowest BCUT2D eigenvalue weighted by Crippen LogP contribution is -2.46. The van der Waals surface area contributed by atoms with Gasteiger partial charge in [-0.3, -0.25) is 0 Å². The Balaban J connectivity index is 2.16. The molecule has 1 N–H and O–H groups in total. The lowest BCUT2D eigenvalue weighted by Gasteiger charge is -2.36. The second-order valence-corrected chi connectivity index (χ2v) is 5.28. The van der Waals surface area contributed by atoms with Gasteiger partial charge in [-0.05, 0) is 27.2 Å². The lowest BCUT2D eigenvalue weighted by molar-refractivity contribution is -0.00546. The average Bonchev–Trinajstić information content (AvgIpc) is 2.34. The molecule has 1 aromatic rings. The summed E-state index contributed by atoms with van der Waals surface area (Å²) in [6.07, 6.45) is 1.55.